The Morgan fingerprint density at radius 3 is 2.68 bits per heavy atom. The van der Waals surface area contributed by atoms with E-state index < -0.39 is 29.1 Å². The maximum Gasteiger partial charge on any atom is 0.312 e. The Balaban J connectivity index is 2.98. The zero-order chi connectivity index (χ0) is 16.8. The van der Waals surface area contributed by atoms with E-state index in [1.54, 1.807) is 12.2 Å². The highest BCUT2D eigenvalue weighted by Crippen LogP contribution is 2.40. The van der Waals surface area contributed by atoms with E-state index >= 15 is 0 Å². The summed E-state index contributed by atoms with van der Waals surface area (Å²) >= 11 is 0. The summed E-state index contributed by atoms with van der Waals surface area (Å²) in [4.78, 5) is 25.7. The van der Waals surface area contributed by atoms with Gasteiger partial charge in [0.2, 0.25) is 0 Å². The second kappa shape index (κ2) is 7.89. The van der Waals surface area contributed by atoms with Gasteiger partial charge in [-0.1, -0.05) is 31.7 Å². The summed E-state index contributed by atoms with van der Waals surface area (Å²) in [6.45, 7) is 6.31. The van der Waals surface area contributed by atoms with E-state index in [9.17, 15) is 19.1 Å². The first-order valence-corrected chi connectivity index (χ1v) is 7.08. The summed E-state index contributed by atoms with van der Waals surface area (Å²) in [7, 11) is 1.26. The van der Waals surface area contributed by atoms with Crippen LogP contribution in [0.25, 0.3) is 0 Å². The third-order valence-electron chi connectivity index (χ3n) is 3.98. The average Bonchev–Trinajstić information content (AvgIpc) is 2.86. The molecule has 6 heteroatoms. The molecule has 0 spiro atoms. The van der Waals surface area contributed by atoms with Gasteiger partial charge in [-0.25, -0.2) is 4.39 Å². The first-order chi connectivity index (χ1) is 10.4. The van der Waals surface area contributed by atoms with Crippen LogP contribution in [0, 0.1) is 11.3 Å². The number of rotatable bonds is 7. The molecule has 2 atom stereocenters. The first-order valence-electron chi connectivity index (χ1n) is 7.08. The molecule has 2 unspecified atom stereocenters. The molecular weight excluding hydrogens is 289 g/mol. The van der Waals surface area contributed by atoms with Gasteiger partial charge < -0.3 is 14.7 Å². The Hall–Kier alpha value is -1.95. The number of carboxylic acid groups (broad SMARTS) is 1. The lowest BCUT2D eigenvalue weighted by Gasteiger charge is -2.27. The van der Waals surface area contributed by atoms with Gasteiger partial charge in [0.15, 0.2) is 0 Å². The van der Waals surface area contributed by atoms with E-state index in [2.05, 4.69) is 6.58 Å². The van der Waals surface area contributed by atoms with Crippen LogP contribution in [-0.4, -0.2) is 48.7 Å². The maximum atomic E-state index is 12.5. The van der Waals surface area contributed by atoms with Crippen molar-refractivity contribution in [2.75, 3.05) is 26.7 Å². The van der Waals surface area contributed by atoms with Crippen molar-refractivity contribution in [2.24, 2.45) is 11.3 Å². The van der Waals surface area contributed by atoms with Crippen molar-refractivity contribution in [1.82, 2.24) is 4.90 Å². The fourth-order valence-corrected chi connectivity index (χ4v) is 2.72. The quantitative estimate of drug-likeness (QED) is 0.576. The monoisotopic (exact) mass is 311 g/mol. The van der Waals surface area contributed by atoms with Gasteiger partial charge >= 0.3 is 11.9 Å². The minimum absolute atomic E-state index is 0.168. The van der Waals surface area contributed by atoms with E-state index in [-0.39, 0.29) is 13.0 Å². The molecule has 0 aromatic heterocycles. The van der Waals surface area contributed by atoms with Gasteiger partial charge in [0.05, 0.1) is 18.4 Å². The highest BCUT2D eigenvalue weighted by Gasteiger charge is 2.55. The van der Waals surface area contributed by atoms with Crippen molar-refractivity contribution in [2.45, 2.75) is 13.3 Å². The number of allylic oxidation sites excluding steroid dienone is 5. The zero-order valence-electron chi connectivity index (χ0n) is 12.9. The molecule has 122 valence electrons. The van der Waals surface area contributed by atoms with Crippen LogP contribution < -0.4 is 0 Å². The number of halogens is 1. The Kier molecular flexibility index (Phi) is 6.49. The van der Waals surface area contributed by atoms with Crippen LogP contribution in [0.2, 0.25) is 0 Å². The van der Waals surface area contributed by atoms with Gasteiger partial charge in [-0.3, -0.25) is 9.59 Å². The maximum absolute atomic E-state index is 12.5. The molecule has 1 rings (SSSR count). The molecule has 0 aromatic carbocycles. The highest BCUT2D eigenvalue weighted by molar-refractivity contribution is 5.85. The largest absolute Gasteiger partial charge is 0.481 e. The number of methoxy groups -OCH3 is 1. The van der Waals surface area contributed by atoms with Gasteiger partial charge in [0.1, 0.15) is 5.83 Å². The van der Waals surface area contributed by atoms with E-state index in [0.29, 0.717) is 13.1 Å². The molecule has 1 aliphatic rings. The summed E-state index contributed by atoms with van der Waals surface area (Å²) in [5.41, 5.74) is -1.22. The normalized spacial score (nSPS) is 25.9. The molecule has 0 aliphatic carbocycles. The summed E-state index contributed by atoms with van der Waals surface area (Å²) in [6, 6.07) is 0. The number of hydrogen-bond acceptors (Lipinski definition) is 4. The summed E-state index contributed by atoms with van der Waals surface area (Å²) in [6.07, 6.45) is 5.97. The third-order valence-corrected chi connectivity index (χ3v) is 3.98. The number of esters is 1. The molecule has 0 amide bonds. The molecule has 0 saturated carbocycles. The lowest BCUT2D eigenvalue weighted by atomic mass is 9.75. The Labute approximate surface area is 129 Å². The van der Waals surface area contributed by atoms with Crippen LogP contribution in [0.5, 0.6) is 0 Å². The Bertz CT molecular complexity index is 500. The number of ether oxygens (including phenoxy) is 1. The van der Waals surface area contributed by atoms with Crippen LogP contribution in [0.15, 0.2) is 36.7 Å². The predicted molar refractivity (Wildman–Crippen MR) is 80.8 cm³/mol. The van der Waals surface area contributed by atoms with Crippen LogP contribution in [0.1, 0.15) is 13.3 Å². The molecule has 22 heavy (non-hydrogen) atoms. The SMILES string of the molecule is C=C(F)/C=C\C=C/CC1(C(=O)O)CN(CC)CC1C(=O)OC. The van der Waals surface area contributed by atoms with E-state index in [1.165, 1.54) is 19.3 Å². The Morgan fingerprint density at radius 2 is 2.18 bits per heavy atom. The fraction of sp³-hybridized carbons (Fsp3) is 0.500. The number of carbonyl (C=O) groups excluding carboxylic acids is 1. The molecule has 0 bridgehead atoms. The van der Waals surface area contributed by atoms with Gasteiger partial charge in [0.25, 0.3) is 0 Å². The molecule has 1 heterocycles. The molecular formula is C16H22FNO4. The van der Waals surface area contributed by atoms with Crippen molar-refractivity contribution in [3.05, 3.63) is 36.7 Å². The molecule has 1 N–H and O–H groups in total. The number of likely N-dealkylation sites (tertiary alicyclic amines) is 1. The van der Waals surface area contributed by atoms with Crippen LogP contribution in [-0.2, 0) is 14.3 Å². The lowest BCUT2D eigenvalue weighted by Crippen LogP contribution is -2.42. The first kappa shape index (κ1) is 18.1. The van der Waals surface area contributed by atoms with Crippen LogP contribution >= 0.6 is 0 Å². The number of hydrogen-bond donors (Lipinski definition) is 1. The molecule has 0 radical (unpaired) electrons. The second-order valence-electron chi connectivity index (χ2n) is 5.30. The highest BCUT2D eigenvalue weighted by atomic mass is 19.1. The van der Waals surface area contributed by atoms with Crippen LogP contribution in [0.3, 0.4) is 0 Å². The predicted octanol–water partition coefficient (Wildman–Crippen LogP) is 2.17. The molecule has 5 nitrogen and oxygen atoms in total. The summed E-state index contributed by atoms with van der Waals surface area (Å²) in [5, 5.41) is 9.68. The van der Waals surface area contributed by atoms with Crippen molar-refractivity contribution in [1.29, 1.82) is 0 Å². The summed E-state index contributed by atoms with van der Waals surface area (Å²) in [5.74, 6) is -2.84. The molecule has 1 fully saturated rings. The topological polar surface area (TPSA) is 66.8 Å². The van der Waals surface area contributed by atoms with Gasteiger partial charge in [-0.15, -0.1) is 0 Å². The van der Waals surface area contributed by atoms with Gasteiger partial charge in [-0.2, -0.15) is 0 Å². The lowest BCUT2D eigenvalue weighted by molar-refractivity contribution is -0.160. The third kappa shape index (κ3) is 4.04. The fourth-order valence-electron chi connectivity index (χ4n) is 2.72. The van der Waals surface area contributed by atoms with Crippen molar-refractivity contribution in [3.8, 4) is 0 Å². The average molecular weight is 311 g/mol. The Morgan fingerprint density at radius 1 is 1.50 bits per heavy atom. The van der Waals surface area contributed by atoms with Crippen molar-refractivity contribution >= 4 is 11.9 Å². The number of carboxylic acids is 1. The molecule has 1 aliphatic heterocycles. The van der Waals surface area contributed by atoms with Crippen molar-refractivity contribution < 1.29 is 23.8 Å². The number of carbonyl (C=O) groups is 2. The number of aliphatic carboxylic acids is 1. The standard InChI is InChI=1S/C16H22FNO4/c1-4-18-10-13(14(19)22-3)16(11-18,15(20)21)9-7-5-6-8-12(2)17/h5-8,13H,2,4,9-11H2,1,3H3,(H,20,21)/b7-5-,8-6-. The summed E-state index contributed by atoms with van der Waals surface area (Å²) < 4.78 is 17.2. The zero-order valence-corrected chi connectivity index (χ0v) is 12.9. The minimum atomic E-state index is -1.22. The van der Waals surface area contributed by atoms with Gasteiger partial charge in [0, 0.05) is 13.1 Å². The van der Waals surface area contributed by atoms with E-state index in [4.69, 9.17) is 4.74 Å². The minimum Gasteiger partial charge on any atom is -0.481 e. The smallest absolute Gasteiger partial charge is 0.312 e. The molecule has 0 aromatic rings. The van der Waals surface area contributed by atoms with E-state index in [1.807, 2.05) is 11.8 Å². The van der Waals surface area contributed by atoms with Crippen molar-refractivity contribution in [3.63, 3.8) is 0 Å². The van der Waals surface area contributed by atoms with Crippen LogP contribution in [0.4, 0.5) is 4.39 Å². The molecule has 1 saturated heterocycles. The second-order valence-corrected chi connectivity index (χ2v) is 5.30. The number of nitrogens with zero attached hydrogens (tertiary/aromatic N) is 1. The van der Waals surface area contributed by atoms with E-state index in [0.717, 1.165) is 0 Å². The van der Waals surface area contributed by atoms with Gasteiger partial charge in [-0.05, 0) is 19.0 Å².